The Balaban J connectivity index is 2.69. The maximum atomic E-state index is 11.4. The molecule has 0 aliphatic carbocycles. The van der Waals surface area contributed by atoms with Crippen LogP contribution in [-0.2, 0) is 6.54 Å². The molecule has 0 aromatic carbocycles. The summed E-state index contributed by atoms with van der Waals surface area (Å²) in [7, 11) is 1.93. The summed E-state index contributed by atoms with van der Waals surface area (Å²) in [5.41, 5.74) is 0.153. The number of terminal acetylenes is 1. The Morgan fingerprint density at radius 1 is 1.62 bits per heavy atom. The molecule has 0 amide bonds. The minimum absolute atomic E-state index is 0.255. The van der Waals surface area contributed by atoms with Crippen molar-refractivity contribution in [2.75, 3.05) is 18.5 Å². The number of hydrogen-bond acceptors (Lipinski definition) is 3. The molecule has 0 spiro atoms. The van der Waals surface area contributed by atoms with Gasteiger partial charge in [-0.05, 0) is 5.92 Å². The van der Waals surface area contributed by atoms with E-state index in [2.05, 4.69) is 10.9 Å². The lowest BCUT2D eigenvalue weighted by Gasteiger charge is -2.09. The molecule has 4 nitrogen and oxygen atoms in total. The molecule has 1 aromatic rings. The van der Waals surface area contributed by atoms with Gasteiger partial charge in [0.25, 0.3) is 0 Å². The van der Waals surface area contributed by atoms with Crippen LogP contribution in [0, 0.1) is 12.3 Å². The van der Waals surface area contributed by atoms with E-state index in [0.29, 0.717) is 12.2 Å². The quantitative estimate of drug-likeness (QED) is 0.507. The molecule has 0 saturated carbocycles. The lowest BCUT2D eigenvalue weighted by Crippen LogP contribution is -2.22. The molecule has 4 heteroatoms. The summed E-state index contributed by atoms with van der Waals surface area (Å²) in [6, 6.07) is 1.76. The van der Waals surface area contributed by atoms with Crippen LogP contribution < -0.4 is 10.6 Å². The maximum Gasteiger partial charge on any atom is 0.350 e. The summed E-state index contributed by atoms with van der Waals surface area (Å²) in [5, 5.41) is 0. The molecule has 0 atom stereocenters. The predicted molar refractivity (Wildman–Crippen MR) is 49.7 cm³/mol. The Morgan fingerprint density at radius 3 is 3.08 bits per heavy atom. The molecule has 1 aliphatic heterocycles. The molecule has 0 N–H and O–H groups in total. The molecule has 13 heavy (non-hydrogen) atoms. The number of aromatic nitrogens is 2. The standard InChI is InChI=1S/C9H9N3O/c1-3-7-6-8-11(2)4-5-12(8)9(13)10-7/h1,6H,4-5H2,2H3. The molecule has 0 bridgehead atoms. The van der Waals surface area contributed by atoms with Crippen LogP contribution in [0.25, 0.3) is 0 Å². The fourth-order valence-electron chi connectivity index (χ4n) is 1.46. The van der Waals surface area contributed by atoms with Crippen LogP contribution in [0.15, 0.2) is 10.9 Å². The first-order chi connectivity index (χ1) is 6.22. The number of nitrogens with zero attached hydrogens (tertiary/aromatic N) is 3. The second kappa shape index (κ2) is 2.63. The Morgan fingerprint density at radius 2 is 2.38 bits per heavy atom. The van der Waals surface area contributed by atoms with E-state index in [-0.39, 0.29) is 5.69 Å². The van der Waals surface area contributed by atoms with Gasteiger partial charge in [-0.3, -0.25) is 4.57 Å². The monoisotopic (exact) mass is 175 g/mol. The van der Waals surface area contributed by atoms with Crippen molar-refractivity contribution in [3.8, 4) is 12.3 Å². The molecular formula is C9H9N3O. The molecule has 1 aliphatic rings. The molecule has 0 saturated heterocycles. The van der Waals surface area contributed by atoms with Crippen molar-refractivity contribution < 1.29 is 0 Å². The average molecular weight is 175 g/mol. The van der Waals surface area contributed by atoms with Crippen LogP contribution in [0.3, 0.4) is 0 Å². The summed E-state index contributed by atoms with van der Waals surface area (Å²) in [5.74, 6) is 3.22. The largest absolute Gasteiger partial charge is 0.359 e. The average Bonchev–Trinajstić information content (AvgIpc) is 2.48. The Hall–Kier alpha value is -1.76. The SMILES string of the molecule is C#Cc1cc2n(c(=O)n1)CCN2C. The zero-order chi connectivity index (χ0) is 9.42. The Bertz CT molecular complexity index is 441. The van der Waals surface area contributed by atoms with Crippen LogP contribution in [0.5, 0.6) is 0 Å². The van der Waals surface area contributed by atoms with E-state index < -0.39 is 0 Å². The third-order valence-corrected chi connectivity index (χ3v) is 2.19. The van der Waals surface area contributed by atoms with Gasteiger partial charge >= 0.3 is 5.69 Å². The van der Waals surface area contributed by atoms with Crippen molar-refractivity contribution in [1.82, 2.24) is 9.55 Å². The normalized spacial score (nSPS) is 14.0. The van der Waals surface area contributed by atoms with E-state index in [0.717, 1.165) is 12.4 Å². The lowest BCUT2D eigenvalue weighted by molar-refractivity contribution is 0.736. The molecule has 0 radical (unpaired) electrons. The highest BCUT2D eigenvalue weighted by atomic mass is 16.1. The van der Waals surface area contributed by atoms with Crippen molar-refractivity contribution >= 4 is 5.82 Å². The van der Waals surface area contributed by atoms with Crippen molar-refractivity contribution in [2.24, 2.45) is 0 Å². The highest BCUT2D eigenvalue weighted by molar-refractivity contribution is 5.45. The molecule has 2 rings (SSSR count). The third kappa shape index (κ3) is 1.09. The van der Waals surface area contributed by atoms with E-state index in [1.54, 1.807) is 10.6 Å². The van der Waals surface area contributed by atoms with Crippen LogP contribution >= 0.6 is 0 Å². The lowest BCUT2D eigenvalue weighted by atomic mass is 10.4. The first-order valence-corrected chi connectivity index (χ1v) is 4.02. The highest BCUT2D eigenvalue weighted by Gasteiger charge is 2.17. The van der Waals surface area contributed by atoms with Crippen LogP contribution in [-0.4, -0.2) is 23.1 Å². The number of hydrogen-bond donors (Lipinski definition) is 0. The summed E-state index contributed by atoms with van der Waals surface area (Å²) in [4.78, 5) is 17.1. The minimum atomic E-state index is -0.255. The topological polar surface area (TPSA) is 38.1 Å². The van der Waals surface area contributed by atoms with Crippen molar-refractivity contribution in [1.29, 1.82) is 0 Å². The molecule has 1 aromatic heterocycles. The Labute approximate surface area is 75.8 Å². The summed E-state index contributed by atoms with van der Waals surface area (Å²) in [6.07, 6.45) is 5.18. The molecule has 0 unspecified atom stereocenters. The van der Waals surface area contributed by atoms with Gasteiger partial charge in [0.1, 0.15) is 11.5 Å². The van der Waals surface area contributed by atoms with Crippen molar-refractivity contribution in [3.63, 3.8) is 0 Å². The third-order valence-electron chi connectivity index (χ3n) is 2.19. The van der Waals surface area contributed by atoms with E-state index in [9.17, 15) is 4.79 Å². The van der Waals surface area contributed by atoms with Gasteiger partial charge in [-0.15, -0.1) is 6.42 Å². The van der Waals surface area contributed by atoms with Gasteiger partial charge in [-0.25, -0.2) is 4.79 Å². The van der Waals surface area contributed by atoms with Crippen LogP contribution in [0.2, 0.25) is 0 Å². The van der Waals surface area contributed by atoms with Gasteiger partial charge in [0.15, 0.2) is 0 Å². The van der Waals surface area contributed by atoms with E-state index >= 15 is 0 Å². The predicted octanol–water partition coefficient (Wildman–Crippen LogP) is -0.326. The number of fused-ring (bicyclic) bond motifs is 1. The van der Waals surface area contributed by atoms with Crippen molar-refractivity contribution in [3.05, 3.63) is 22.2 Å². The van der Waals surface area contributed by atoms with Gasteiger partial charge in [0.05, 0.1) is 0 Å². The zero-order valence-corrected chi connectivity index (χ0v) is 7.32. The van der Waals surface area contributed by atoms with Crippen molar-refractivity contribution in [2.45, 2.75) is 6.54 Å². The zero-order valence-electron chi connectivity index (χ0n) is 7.32. The van der Waals surface area contributed by atoms with Gasteiger partial charge in [-0.1, -0.05) is 0 Å². The highest BCUT2D eigenvalue weighted by Crippen LogP contribution is 2.16. The van der Waals surface area contributed by atoms with Crippen LogP contribution in [0.1, 0.15) is 5.69 Å². The van der Waals surface area contributed by atoms with Gasteiger partial charge < -0.3 is 4.90 Å². The first kappa shape index (κ1) is 7.87. The van der Waals surface area contributed by atoms with E-state index in [4.69, 9.17) is 6.42 Å². The number of rotatable bonds is 0. The molecular weight excluding hydrogens is 166 g/mol. The number of anilines is 1. The van der Waals surface area contributed by atoms with Gasteiger partial charge in [0, 0.05) is 26.2 Å². The molecule has 66 valence electrons. The second-order valence-corrected chi connectivity index (χ2v) is 3.00. The fourth-order valence-corrected chi connectivity index (χ4v) is 1.46. The van der Waals surface area contributed by atoms with Crippen LogP contribution in [0.4, 0.5) is 5.82 Å². The van der Waals surface area contributed by atoms with E-state index in [1.165, 1.54) is 0 Å². The number of likely N-dealkylation sites (N-methyl/N-ethyl adjacent to an activating group) is 1. The smallest absolute Gasteiger partial charge is 0.350 e. The van der Waals surface area contributed by atoms with Gasteiger partial charge in [-0.2, -0.15) is 4.98 Å². The maximum absolute atomic E-state index is 11.4. The second-order valence-electron chi connectivity index (χ2n) is 3.00. The molecule has 2 heterocycles. The summed E-state index contributed by atoms with van der Waals surface area (Å²) >= 11 is 0. The summed E-state index contributed by atoms with van der Waals surface area (Å²) in [6.45, 7) is 1.54. The molecule has 0 fully saturated rings. The summed E-state index contributed by atoms with van der Waals surface area (Å²) < 4.78 is 1.63. The minimum Gasteiger partial charge on any atom is -0.359 e. The van der Waals surface area contributed by atoms with Gasteiger partial charge in [0.2, 0.25) is 0 Å². The first-order valence-electron chi connectivity index (χ1n) is 4.02. The van der Waals surface area contributed by atoms with E-state index in [1.807, 2.05) is 11.9 Å². The Kier molecular flexibility index (Phi) is 1.59. The fraction of sp³-hybridized carbons (Fsp3) is 0.333.